The van der Waals surface area contributed by atoms with Gasteiger partial charge in [0.05, 0.1) is 24.3 Å². The Morgan fingerprint density at radius 2 is 1.81 bits per heavy atom. The molecule has 7 heteroatoms. The number of benzene rings is 1. The summed E-state index contributed by atoms with van der Waals surface area (Å²) < 4.78 is 10.8. The van der Waals surface area contributed by atoms with E-state index in [2.05, 4.69) is 20.9 Å². The predicted octanol–water partition coefficient (Wildman–Crippen LogP) is 3.07. The summed E-state index contributed by atoms with van der Waals surface area (Å²) >= 11 is 0. The quantitative estimate of drug-likeness (QED) is 0.651. The summed E-state index contributed by atoms with van der Waals surface area (Å²) in [5, 5.41) is 11.8. The van der Waals surface area contributed by atoms with Crippen LogP contribution in [0.3, 0.4) is 0 Å². The topological polar surface area (TPSA) is 84.8 Å². The third-order valence-corrected chi connectivity index (χ3v) is 6.46. The van der Waals surface area contributed by atoms with Crippen LogP contribution >= 0.6 is 0 Å². The average molecular weight is 419 g/mol. The van der Waals surface area contributed by atoms with Crippen LogP contribution in [-0.4, -0.2) is 53.5 Å². The number of rotatable bonds is 4. The van der Waals surface area contributed by atoms with Gasteiger partial charge in [-0.25, -0.2) is 9.78 Å². The van der Waals surface area contributed by atoms with Crippen molar-refractivity contribution in [3.63, 3.8) is 0 Å². The number of hydrogen-bond acceptors (Lipinski definition) is 7. The van der Waals surface area contributed by atoms with Crippen molar-refractivity contribution >= 4 is 22.7 Å². The molecule has 0 bridgehead atoms. The Kier molecular flexibility index (Phi) is 5.19. The molecule has 0 amide bonds. The molecular weight excluding hydrogens is 394 g/mol. The number of carbonyl (C=O) groups is 1. The highest BCUT2D eigenvalue weighted by atomic mass is 16.5. The van der Waals surface area contributed by atoms with Gasteiger partial charge in [-0.1, -0.05) is 0 Å². The Morgan fingerprint density at radius 3 is 2.58 bits per heavy atom. The average Bonchev–Trinajstić information content (AvgIpc) is 3.21. The Labute approximate surface area is 180 Å². The van der Waals surface area contributed by atoms with Crippen LogP contribution in [0, 0.1) is 11.8 Å². The largest absolute Gasteiger partial charge is 0.488 e. The first-order valence-electron chi connectivity index (χ1n) is 10.6. The zero-order valence-electron chi connectivity index (χ0n) is 17.3. The number of esters is 1. The van der Waals surface area contributed by atoms with Gasteiger partial charge in [-0.2, -0.15) is 0 Å². The van der Waals surface area contributed by atoms with Crippen LogP contribution in [-0.2, 0) is 4.74 Å². The molecule has 4 atom stereocenters. The standard InChI is InChI=1S/C24H25N3O4/c1-30-24(29)15-4-6-18(7-5-15)31-22-12-17-14-27(13-16(17)11-21(22)28)23-19-3-2-9-25-20(19)8-10-26-23/h2-10,16-17,21-22,28H,11-14H2,1H3/t16-,17+,21+,22+/m0/s1. The van der Waals surface area contributed by atoms with Crippen LogP contribution in [0.4, 0.5) is 5.82 Å². The van der Waals surface area contributed by atoms with E-state index < -0.39 is 6.10 Å². The fraction of sp³-hybridized carbons (Fsp3) is 0.375. The zero-order chi connectivity index (χ0) is 21.4. The van der Waals surface area contributed by atoms with Crippen LogP contribution in [0.25, 0.3) is 10.9 Å². The van der Waals surface area contributed by atoms with Gasteiger partial charge in [0.25, 0.3) is 0 Å². The Morgan fingerprint density at radius 1 is 1.03 bits per heavy atom. The van der Waals surface area contributed by atoms with E-state index in [1.54, 1.807) is 30.5 Å². The molecular formula is C24H25N3O4. The highest BCUT2D eigenvalue weighted by Crippen LogP contribution is 2.40. The number of methoxy groups -OCH3 is 1. The summed E-state index contributed by atoms with van der Waals surface area (Å²) in [6, 6.07) is 12.8. The highest BCUT2D eigenvalue weighted by molar-refractivity contribution is 5.90. The minimum atomic E-state index is -0.524. The molecule has 0 spiro atoms. The fourth-order valence-corrected chi connectivity index (χ4v) is 4.89. The molecule has 2 aromatic heterocycles. The first-order chi connectivity index (χ1) is 15.1. The minimum absolute atomic E-state index is 0.271. The summed E-state index contributed by atoms with van der Waals surface area (Å²) in [5.41, 5.74) is 1.42. The van der Waals surface area contributed by atoms with Crippen LogP contribution < -0.4 is 9.64 Å². The van der Waals surface area contributed by atoms with E-state index in [4.69, 9.17) is 9.47 Å². The molecule has 1 saturated heterocycles. The van der Waals surface area contributed by atoms with Crippen molar-refractivity contribution in [3.8, 4) is 5.75 Å². The summed E-state index contributed by atoms with van der Waals surface area (Å²) in [5.74, 6) is 2.06. The van der Waals surface area contributed by atoms with E-state index in [9.17, 15) is 9.90 Å². The normalized spacial score (nSPS) is 25.3. The van der Waals surface area contributed by atoms with E-state index in [0.29, 0.717) is 29.6 Å². The van der Waals surface area contributed by atoms with Crippen LogP contribution in [0.1, 0.15) is 23.2 Å². The molecule has 1 saturated carbocycles. The SMILES string of the molecule is COC(=O)c1ccc(O[C@@H]2C[C@@H]3CN(c4nccc5ncccc45)C[C@@H]3C[C@H]2O)cc1. The summed E-state index contributed by atoms with van der Waals surface area (Å²) in [7, 11) is 1.36. The molecule has 1 aliphatic heterocycles. The lowest BCUT2D eigenvalue weighted by atomic mass is 9.78. The van der Waals surface area contributed by atoms with E-state index in [-0.39, 0.29) is 12.1 Å². The minimum Gasteiger partial charge on any atom is -0.488 e. The second-order valence-corrected chi connectivity index (χ2v) is 8.34. The number of carbonyl (C=O) groups excluding carboxylic acids is 1. The maximum atomic E-state index is 11.6. The van der Waals surface area contributed by atoms with Crippen LogP contribution in [0.5, 0.6) is 5.75 Å². The van der Waals surface area contributed by atoms with E-state index in [0.717, 1.165) is 36.2 Å². The number of hydrogen-bond donors (Lipinski definition) is 1. The molecule has 1 N–H and O–H groups in total. The van der Waals surface area contributed by atoms with Crippen molar-refractivity contribution in [2.24, 2.45) is 11.8 Å². The number of ether oxygens (including phenoxy) is 2. The molecule has 5 rings (SSSR count). The van der Waals surface area contributed by atoms with Crippen molar-refractivity contribution in [2.45, 2.75) is 25.0 Å². The molecule has 160 valence electrons. The van der Waals surface area contributed by atoms with Gasteiger partial charge in [0, 0.05) is 30.9 Å². The lowest BCUT2D eigenvalue weighted by molar-refractivity contribution is -0.0231. The third-order valence-electron chi connectivity index (χ3n) is 6.46. The van der Waals surface area contributed by atoms with Crippen LogP contribution in [0.2, 0.25) is 0 Å². The molecule has 0 unspecified atom stereocenters. The smallest absolute Gasteiger partial charge is 0.337 e. The summed E-state index contributed by atoms with van der Waals surface area (Å²) in [4.78, 5) is 23.0. The molecule has 31 heavy (non-hydrogen) atoms. The highest BCUT2D eigenvalue weighted by Gasteiger charge is 2.43. The van der Waals surface area contributed by atoms with Crippen molar-refractivity contribution in [1.82, 2.24) is 9.97 Å². The van der Waals surface area contributed by atoms with Gasteiger partial charge in [-0.05, 0) is 67.1 Å². The van der Waals surface area contributed by atoms with Crippen molar-refractivity contribution in [2.75, 3.05) is 25.1 Å². The van der Waals surface area contributed by atoms with Crippen molar-refractivity contribution in [1.29, 1.82) is 0 Å². The summed E-state index contributed by atoms with van der Waals surface area (Å²) in [6.07, 6.45) is 4.30. The molecule has 0 radical (unpaired) electrons. The lowest BCUT2D eigenvalue weighted by Gasteiger charge is -2.35. The molecule has 1 aromatic carbocycles. The number of aliphatic hydroxyl groups is 1. The molecule has 3 heterocycles. The maximum Gasteiger partial charge on any atom is 0.337 e. The third kappa shape index (κ3) is 3.81. The van der Waals surface area contributed by atoms with Crippen molar-refractivity contribution < 1.29 is 19.4 Å². The Balaban J connectivity index is 1.29. The number of aromatic nitrogens is 2. The number of aliphatic hydroxyl groups excluding tert-OH is 1. The van der Waals surface area contributed by atoms with Gasteiger partial charge in [0.15, 0.2) is 0 Å². The zero-order valence-corrected chi connectivity index (χ0v) is 17.3. The number of anilines is 1. The Hall–Kier alpha value is -3.19. The maximum absolute atomic E-state index is 11.6. The molecule has 7 nitrogen and oxygen atoms in total. The number of pyridine rings is 2. The lowest BCUT2D eigenvalue weighted by Crippen LogP contribution is -2.42. The molecule has 1 aliphatic carbocycles. The predicted molar refractivity (Wildman–Crippen MR) is 116 cm³/mol. The Bertz CT molecular complexity index is 1080. The second kappa shape index (κ2) is 8.15. The monoisotopic (exact) mass is 419 g/mol. The van der Waals surface area contributed by atoms with Gasteiger partial charge in [0.1, 0.15) is 17.7 Å². The van der Waals surface area contributed by atoms with Crippen molar-refractivity contribution in [3.05, 3.63) is 60.4 Å². The number of fused-ring (bicyclic) bond motifs is 2. The van der Waals surface area contributed by atoms with Gasteiger partial charge >= 0.3 is 5.97 Å². The first-order valence-corrected chi connectivity index (χ1v) is 10.6. The van der Waals surface area contributed by atoms with Gasteiger partial charge in [-0.15, -0.1) is 0 Å². The second-order valence-electron chi connectivity index (χ2n) is 8.34. The van der Waals surface area contributed by atoms with E-state index in [1.807, 2.05) is 18.3 Å². The molecule has 2 fully saturated rings. The van der Waals surface area contributed by atoms with Crippen LogP contribution in [0.15, 0.2) is 54.9 Å². The number of nitrogens with zero attached hydrogens (tertiary/aromatic N) is 3. The van der Waals surface area contributed by atoms with E-state index in [1.165, 1.54) is 7.11 Å². The van der Waals surface area contributed by atoms with Gasteiger partial charge in [0.2, 0.25) is 0 Å². The fourth-order valence-electron chi connectivity index (χ4n) is 4.89. The summed E-state index contributed by atoms with van der Waals surface area (Å²) in [6.45, 7) is 1.77. The first kappa shape index (κ1) is 19.8. The molecule has 2 aliphatic rings. The van der Waals surface area contributed by atoms with E-state index >= 15 is 0 Å². The molecule has 3 aromatic rings. The van der Waals surface area contributed by atoms with Gasteiger partial charge < -0.3 is 19.5 Å². The van der Waals surface area contributed by atoms with Gasteiger partial charge in [-0.3, -0.25) is 4.98 Å².